The number of amides is 1. The summed E-state index contributed by atoms with van der Waals surface area (Å²) in [5.74, 6) is 0.630. The van der Waals surface area contributed by atoms with E-state index < -0.39 is 0 Å². The SMILES string of the molecule is Cl.O=C(CCc1ccc(Cl)cc1)Nc1ccc(C2CCCNC2)cc1. The van der Waals surface area contributed by atoms with Crippen LogP contribution in [0.25, 0.3) is 0 Å². The van der Waals surface area contributed by atoms with Crippen LogP contribution in [-0.4, -0.2) is 19.0 Å². The molecule has 5 heteroatoms. The lowest BCUT2D eigenvalue weighted by Crippen LogP contribution is -2.28. The van der Waals surface area contributed by atoms with E-state index in [1.165, 1.54) is 18.4 Å². The lowest BCUT2D eigenvalue weighted by atomic mass is 9.92. The largest absolute Gasteiger partial charge is 0.326 e. The van der Waals surface area contributed by atoms with Crippen LogP contribution in [0, 0.1) is 0 Å². The first-order chi connectivity index (χ1) is 11.7. The zero-order chi connectivity index (χ0) is 16.8. The molecule has 2 aromatic rings. The molecule has 1 fully saturated rings. The summed E-state index contributed by atoms with van der Waals surface area (Å²) in [7, 11) is 0. The van der Waals surface area contributed by atoms with Gasteiger partial charge in [0.25, 0.3) is 0 Å². The first-order valence-electron chi connectivity index (χ1n) is 8.56. The predicted molar refractivity (Wildman–Crippen MR) is 107 cm³/mol. The van der Waals surface area contributed by atoms with E-state index in [0.29, 0.717) is 12.3 Å². The van der Waals surface area contributed by atoms with E-state index in [1.54, 1.807) is 0 Å². The lowest BCUT2D eigenvalue weighted by molar-refractivity contribution is -0.116. The Morgan fingerprint density at radius 2 is 1.84 bits per heavy atom. The van der Waals surface area contributed by atoms with Gasteiger partial charge in [-0.1, -0.05) is 35.9 Å². The van der Waals surface area contributed by atoms with E-state index >= 15 is 0 Å². The van der Waals surface area contributed by atoms with Gasteiger partial charge in [-0.2, -0.15) is 0 Å². The molecule has 0 bridgehead atoms. The van der Waals surface area contributed by atoms with E-state index in [-0.39, 0.29) is 18.3 Å². The number of anilines is 1. The molecule has 25 heavy (non-hydrogen) atoms. The highest BCUT2D eigenvalue weighted by Crippen LogP contribution is 2.24. The molecule has 3 rings (SSSR count). The van der Waals surface area contributed by atoms with Gasteiger partial charge in [0.15, 0.2) is 0 Å². The van der Waals surface area contributed by atoms with Gasteiger partial charge >= 0.3 is 0 Å². The molecule has 0 radical (unpaired) electrons. The van der Waals surface area contributed by atoms with Gasteiger partial charge < -0.3 is 10.6 Å². The van der Waals surface area contributed by atoms with Gasteiger partial charge in [-0.3, -0.25) is 4.79 Å². The summed E-state index contributed by atoms with van der Waals surface area (Å²) in [6.07, 6.45) is 3.65. The summed E-state index contributed by atoms with van der Waals surface area (Å²) >= 11 is 5.87. The van der Waals surface area contributed by atoms with Crippen LogP contribution in [-0.2, 0) is 11.2 Å². The number of halogens is 2. The molecule has 134 valence electrons. The first-order valence-corrected chi connectivity index (χ1v) is 8.93. The van der Waals surface area contributed by atoms with Crippen molar-refractivity contribution < 1.29 is 4.79 Å². The van der Waals surface area contributed by atoms with Crippen molar-refractivity contribution in [1.29, 1.82) is 0 Å². The molecular formula is C20H24Cl2N2O. The van der Waals surface area contributed by atoms with E-state index in [0.717, 1.165) is 35.8 Å². The molecule has 0 saturated carbocycles. The first kappa shape index (κ1) is 19.8. The molecular weight excluding hydrogens is 355 g/mol. The fourth-order valence-corrected chi connectivity index (χ4v) is 3.23. The van der Waals surface area contributed by atoms with Crippen LogP contribution in [0.1, 0.15) is 36.3 Å². The van der Waals surface area contributed by atoms with E-state index in [2.05, 4.69) is 22.8 Å². The molecule has 0 aliphatic carbocycles. The van der Waals surface area contributed by atoms with Gasteiger partial charge in [-0.15, -0.1) is 12.4 Å². The van der Waals surface area contributed by atoms with Crippen molar-refractivity contribution in [2.75, 3.05) is 18.4 Å². The Balaban J connectivity index is 0.00000225. The van der Waals surface area contributed by atoms with E-state index in [1.807, 2.05) is 36.4 Å². The second kappa shape index (κ2) is 9.81. The third-order valence-electron chi connectivity index (χ3n) is 4.52. The topological polar surface area (TPSA) is 41.1 Å². The number of nitrogens with one attached hydrogen (secondary N) is 2. The van der Waals surface area contributed by atoms with E-state index in [9.17, 15) is 4.79 Å². The molecule has 2 N–H and O–H groups in total. The molecule has 3 nitrogen and oxygen atoms in total. The average Bonchev–Trinajstić information content (AvgIpc) is 2.63. The molecule has 1 atom stereocenters. The molecule has 1 amide bonds. The van der Waals surface area contributed by atoms with Gasteiger partial charge in [0.2, 0.25) is 5.91 Å². The lowest BCUT2D eigenvalue weighted by Gasteiger charge is -2.23. The van der Waals surface area contributed by atoms with Crippen molar-refractivity contribution in [3.05, 3.63) is 64.7 Å². The number of hydrogen-bond acceptors (Lipinski definition) is 2. The number of aryl methyl sites for hydroxylation is 1. The second-order valence-electron chi connectivity index (χ2n) is 6.34. The number of rotatable bonds is 5. The summed E-state index contributed by atoms with van der Waals surface area (Å²) < 4.78 is 0. The number of carbonyl (C=O) groups excluding carboxylic acids is 1. The molecule has 1 aliphatic heterocycles. The van der Waals surface area contributed by atoms with Gasteiger partial charge in [0, 0.05) is 23.7 Å². The Kier molecular flexibility index (Phi) is 7.76. The van der Waals surface area contributed by atoms with Gasteiger partial charge in [0.1, 0.15) is 0 Å². The highest BCUT2D eigenvalue weighted by molar-refractivity contribution is 6.30. The van der Waals surface area contributed by atoms with Crippen molar-refractivity contribution in [3.8, 4) is 0 Å². The van der Waals surface area contributed by atoms with Crippen LogP contribution >= 0.6 is 24.0 Å². The van der Waals surface area contributed by atoms with Gasteiger partial charge in [-0.05, 0) is 67.1 Å². The zero-order valence-corrected chi connectivity index (χ0v) is 15.7. The van der Waals surface area contributed by atoms with Crippen molar-refractivity contribution >= 4 is 35.6 Å². The number of hydrogen-bond donors (Lipinski definition) is 2. The zero-order valence-electron chi connectivity index (χ0n) is 14.1. The van der Waals surface area contributed by atoms with Crippen LogP contribution in [0.2, 0.25) is 5.02 Å². The maximum Gasteiger partial charge on any atom is 0.224 e. The van der Waals surface area contributed by atoms with Crippen molar-refractivity contribution in [3.63, 3.8) is 0 Å². The number of benzene rings is 2. The Morgan fingerprint density at radius 1 is 1.12 bits per heavy atom. The van der Waals surface area contributed by atoms with Crippen LogP contribution in [0.15, 0.2) is 48.5 Å². The van der Waals surface area contributed by atoms with Crippen molar-refractivity contribution in [2.24, 2.45) is 0 Å². The fraction of sp³-hybridized carbons (Fsp3) is 0.350. The number of carbonyl (C=O) groups is 1. The minimum Gasteiger partial charge on any atom is -0.326 e. The molecule has 0 aromatic heterocycles. The molecule has 1 heterocycles. The minimum atomic E-state index is 0. The van der Waals surface area contributed by atoms with Crippen LogP contribution < -0.4 is 10.6 Å². The quantitative estimate of drug-likeness (QED) is 0.784. The fourth-order valence-electron chi connectivity index (χ4n) is 3.11. The predicted octanol–water partition coefficient (Wildman–Crippen LogP) is 4.80. The summed E-state index contributed by atoms with van der Waals surface area (Å²) in [5, 5.41) is 7.13. The normalized spacial score (nSPS) is 16.8. The Bertz CT molecular complexity index is 665. The summed E-state index contributed by atoms with van der Waals surface area (Å²) in [6, 6.07) is 15.9. The molecule has 1 unspecified atom stereocenters. The summed E-state index contributed by atoms with van der Waals surface area (Å²) in [6.45, 7) is 2.17. The highest BCUT2D eigenvalue weighted by atomic mass is 35.5. The van der Waals surface area contributed by atoms with Crippen molar-refractivity contribution in [1.82, 2.24) is 5.32 Å². The maximum absolute atomic E-state index is 12.1. The van der Waals surface area contributed by atoms with Gasteiger partial charge in [0.05, 0.1) is 0 Å². The molecule has 1 aliphatic rings. The van der Waals surface area contributed by atoms with Crippen LogP contribution in [0.4, 0.5) is 5.69 Å². The molecule has 0 spiro atoms. The second-order valence-corrected chi connectivity index (χ2v) is 6.78. The third kappa shape index (κ3) is 6.03. The van der Waals surface area contributed by atoms with Crippen LogP contribution in [0.5, 0.6) is 0 Å². The molecule has 1 saturated heterocycles. The third-order valence-corrected chi connectivity index (χ3v) is 4.77. The molecule has 2 aromatic carbocycles. The maximum atomic E-state index is 12.1. The van der Waals surface area contributed by atoms with Gasteiger partial charge in [-0.25, -0.2) is 0 Å². The standard InChI is InChI=1S/C20H23ClN2O.ClH/c21-18-8-3-15(4-9-18)5-12-20(24)23-19-10-6-16(7-11-19)17-2-1-13-22-14-17;/h3-4,6-11,17,22H,1-2,5,12-14H2,(H,23,24);1H. The van der Waals surface area contributed by atoms with E-state index in [4.69, 9.17) is 11.6 Å². The highest BCUT2D eigenvalue weighted by Gasteiger charge is 2.14. The van der Waals surface area contributed by atoms with Crippen LogP contribution in [0.3, 0.4) is 0 Å². The summed E-state index contributed by atoms with van der Waals surface area (Å²) in [5.41, 5.74) is 3.33. The smallest absolute Gasteiger partial charge is 0.224 e. The summed E-state index contributed by atoms with van der Waals surface area (Å²) in [4.78, 5) is 12.1. The monoisotopic (exact) mass is 378 g/mol. The Labute approximate surface area is 160 Å². The Morgan fingerprint density at radius 3 is 2.48 bits per heavy atom. The Hall–Kier alpha value is -1.55. The van der Waals surface area contributed by atoms with Crippen molar-refractivity contribution in [2.45, 2.75) is 31.6 Å². The minimum absolute atomic E-state index is 0. The average molecular weight is 379 g/mol. The number of piperidine rings is 1.